The van der Waals surface area contributed by atoms with Crippen molar-refractivity contribution in [3.8, 4) is 0 Å². The predicted molar refractivity (Wildman–Crippen MR) is 114 cm³/mol. The van der Waals surface area contributed by atoms with Crippen molar-refractivity contribution >= 4 is 17.8 Å². The molecule has 0 aliphatic heterocycles. The molecule has 0 unspecified atom stereocenters. The number of amides is 2. The number of nitrogens with two attached hydrogens (primary N) is 1. The van der Waals surface area contributed by atoms with Gasteiger partial charge in [-0.3, -0.25) is 9.59 Å². The number of hydrogen-bond donors (Lipinski definition) is 3. The first kappa shape index (κ1) is 23.1. The van der Waals surface area contributed by atoms with Crippen LogP contribution < -0.4 is 16.5 Å². The molecule has 0 fully saturated rings. The van der Waals surface area contributed by atoms with Crippen LogP contribution in [0.3, 0.4) is 0 Å². The minimum atomic E-state index is -0.633. The minimum absolute atomic E-state index is 0.0506. The van der Waals surface area contributed by atoms with E-state index in [2.05, 4.69) is 35.1 Å². The monoisotopic (exact) mass is 411 g/mol. The molecule has 0 bridgehead atoms. The summed E-state index contributed by atoms with van der Waals surface area (Å²) in [4.78, 5) is 39.1. The van der Waals surface area contributed by atoms with Gasteiger partial charge in [0.1, 0.15) is 0 Å². The lowest BCUT2D eigenvalue weighted by Gasteiger charge is -2.07. The van der Waals surface area contributed by atoms with Crippen molar-refractivity contribution in [1.82, 2.24) is 10.8 Å². The molecule has 0 aliphatic rings. The number of hydrogen-bond acceptors (Lipinski definition) is 5. The maximum atomic E-state index is 11.9. The second-order valence-corrected chi connectivity index (χ2v) is 6.99. The highest BCUT2D eigenvalue weighted by atomic mass is 16.7. The zero-order valence-electron chi connectivity index (χ0n) is 17.1. The summed E-state index contributed by atoms with van der Waals surface area (Å²) < 4.78 is 0. The SMILES string of the molecule is NCC(=O)NCCC(=O)ONC(=O)Cc1ccc(CCCCc2ccccc2)cc1. The highest BCUT2D eigenvalue weighted by Crippen LogP contribution is 2.11. The Bertz CT molecular complexity index is 807. The summed E-state index contributed by atoms with van der Waals surface area (Å²) >= 11 is 0. The second kappa shape index (κ2) is 13.1. The molecular formula is C23H29N3O4. The van der Waals surface area contributed by atoms with Gasteiger partial charge in [0.15, 0.2) is 0 Å². The van der Waals surface area contributed by atoms with Gasteiger partial charge in [0.25, 0.3) is 5.91 Å². The highest BCUT2D eigenvalue weighted by molar-refractivity contribution is 5.80. The molecule has 2 rings (SSSR count). The molecule has 7 heteroatoms. The molecule has 2 aromatic carbocycles. The number of carbonyl (C=O) groups is 3. The smallest absolute Gasteiger partial charge is 0.334 e. The van der Waals surface area contributed by atoms with E-state index in [1.165, 1.54) is 11.1 Å². The van der Waals surface area contributed by atoms with Gasteiger partial charge in [-0.05, 0) is 42.4 Å². The molecule has 0 saturated heterocycles. The van der Waals surface area contributed by atoms with Crippen LogP contribution in [0.1, 0.15) is 36.0 Å². The second-order valence-electron chi connectivity index (χ2n) is 6.99. The number of rotatable bonds is 11. The van der Waals surface area contributed by atoms with Crippen molar-refractivity contribution in [2.75, 3.05) is 13.1 Å². The molecule has 30 heavy (non-hydrogen) atoms. The van der Waals surface area contributed by atoms with E-state index >= 15 is 0 Å². The summed E-state index contributed by atoms with van der Waals surface area (Å²) in [6.07, 6.45) is 4.39. The summed E-state index contributed by atoms with van der Waals surface area (Å²) in [5.41, 5.74) is 10.7. The van der Waals surface area contributed by atoms with E-state index in [1.54, 1.807) is 0 Å². The zero-order valence-corrected chi connectivity index (χ0v) is 17.1. The molecule has 0 heterocycles. The van der Waals surface area contributed by atoms with Crippen molar-refractivity contribution in [2.45, 2.75) is 38.5 Å². The normalized spacial score (nSPS) is 10.3. The lowest BCUT2D eigenvalue weighted by Crippen LogP contribution is -2.33. The molecule has 0 radical (unpaired) electrons. The van der Waals surface area contributed by atoms with E-state index in [0.29, 0.717) is 0 Å². The maximum absolute atomic E-state index is 11.9. The standard InChI is InChI=1S/C23H29N3O4/c24-17-22(28)25-15-14-23(29)30-26-21(27)16-20-12-10-19(11-13-20)9-5-4-8-18-6-2-1-3-7-18/h1-3,6-7,10-13H,4-5,8-9,14-17,24H2,(H,25,28)(H,26,27). The minimum Gasteiger partial charge on any atom is -0.354 e. The van der Waals surface area contributed by atoms with Crippen LogP contribution in [0, 0.1) is 0 Å². The molecule has 4 N–H and O–H groups in total. The number of aryl methyl sites for hydroxylation is 2. The Labute approximate surface area is 176 Å². The number of benzene rings is 2. The van der Waals surface area contributed by atoms with Crippen LogP contribution in [0.5, 0.6) is 0 Å². The molecule has 160 valence electrons. The Balaban J connectivity index is 1.61. The first-order chi connectivity index (χ1) is 14.6. The Morgan fingerprint density at radius 3 is 2.03 bits per heavy atom. The van der Waals surface area contributed by atoms with Crippen molar-refractivity contribution in [3.05, 3.63) is 71.3 Å². The van der Waals surface area contributed by atoms with Crippen molar-refractivity contribution < 1.29 is 19.2 Å². The van der Waals surface area contributed by atoms with Gasteiger partial charge in [-0.25, -0.2) is 4.79 Å². The Morgan fingerprint density at radius 2 is 1.40 bits per heavy atom. The van der Waals surface area contributed by atoms with E-state index < -0.39 is 11.9 Å². The third-order valence-electron chi connectivity index (χ3n) is 4.53. The lowest BCUT2D eigenvalue weighted by atomic mass is 10.0. The van der Waals surface area contributed by atoms with Gasteiger partial charge in [-0.1, -0.05) is 54.6 Å². The van der Waals surface area contributed by atoms with Crippen LogP contribution in [0.15, 0.2) is 54.6 Å². The maximum Gasteiger partial charge on any atom is 0.334 e. The van der Waals surface area contributed by atoms with Crippen LogP contribution >= 0.6 is 0 Å². The molecule has 0 aromatic heterocycles. The third kappa shape index (κ3) is 9.34. The molecular weight excluding hydrogens is 382 g/mol. The number of carbonyl (C=O) groups excluding carboxylic acids is 3. The Kier molecular flexibility index (Phi) is 10.1. The van der Waals surface area contributed by atoms with Gasteiger partial charge in [-0.15, -0.1) is 0 Å². The van der Waals surface area contributed by atoms with Crippen LogP contribution in [0.2, 0.25) is 0 Å². The van der Waals surface area contributed by atoms with Crippen LogP contribution in [0.25, 0.3) is 0 Å². The van der Waals surface area contributed by atoms with E-state index in [9.17, 15) is 14.4 Å². The van der Waals surface area contributed by atoms with Crippen LogP contribution in [-0.4, -0.2) is 30.9 Å². The summed E-state index contributed by atoms with van der Waals surface area (Å²) in [6, 6.07) is 18.3. The molecule has 0 aliphatic carbocycles. The molecule has 7 nitrogen and oxygen atoms in total. The largest absolute Gasteiger partial charge is 0.354 e. The van der Waals surface area contributed by atoms with E-state index in [0.717, 1.165) is 31.2 Å². The number of hydroxylamine groups is 1. The van der Waals surface area contributed by atoms with Crippen molar-refractivity contribution in [2.24, 2.45) is 5.73 Å². The van der Waals surface area contributed by atoms with Gasteiger partial charge >= 0.3 is 5.97 Å². The summed E-state index contributed by atoms with van der Waals surface area (Å²) in [7, 11) is 0. The third-order valence-corrected chi connectivity index (χ3v) is 4.53. The molecule has 0 atom stereocenters. The molecule has 0 saturated carbocycles. The highest BCUT2D eigenvalue weighted by Gasteiger charge is 2.09. The fraction of sp³-hybridized carbons (Fsp3) is 0.348. The fourth-order valence-corrected chi connectivity index (χ4v) is 2.89. The van der Waals surface area contributed by atoms with Gasteiger partial charge in [0.05, 0.1) is 19.4 Å². The van der Waals surface area contributed by atoms with E-state index in [-0.39, 0.29) is 31.8 Å². The lowest BCUT2D eigenvalue weighted by molar-refractivity contribution is -0.158. The van der Waals surface area contributed by atoms with Gasteiger partial charge < -0.3 is 15.9 Å². The first-order valence-electron chi connectivity index (χ1n) is 10.1. The van der Waals surface area contributed by atoms with Gasteiger partial charge in [-0.2, -0.15) is 5.48 Å². The van der Waals surface area contributed by atoms with Crippen molar-refractivity contribution in [1.29, 1.82) is 0 Å². The van der Waals surface area contributed by atoms with Crippen molar-refractivity contribution in [3.63, 3.8) is 0 Å². The van der Waals surface area contributed by atoms with E-state index in [4.69, 9.17) is 10.6 Å². The summed E-state index contributed by atoms with van der Waals surface area (Å²) in [5, 5.41) is 2.44. The molecule has 2 aromatic rings. The average Bonchev–Trinajstić information content (AvgIpc) is 2.77. The molecule has 0 spiro atoms. The zero-order chi connectivity index (χ0) is 21.6. The van der Waals surface area contributed by atoms with Gasteiger partial charge in [0, 0.05) is 6.54 Å². The average molecular weight is 412 g/mol. The van der Waals surface area contributed by atoms with E-state index in [1.807, 2.05) is 30.3 Å². The number of unbranched alkanes of at least 4 members (excludes halogenated alkanes) is 1. The molecule has 2 amide bonds. The predicted octanol–water partition coefficient (Wildman–Crippen LogP) is 1.83. The number of nitrogens with one attached hydrogen (secondary N) is 2. The summed E-state index contributed by atoms with van der Waals surface area (Å²) in [5.74, 6) is -1.40. The Hall–Kier alpha value is -3.19. The fourth-order valence-electron chi connectivity index (χ4n) is 2.89. The summed E-state index contributed by atoms with van der Waals surface area (Å²) in [6.45, 7) is -0.0319. The van der Waals surface area contributed by atoms with Crippen LogP contribution in [0.4, 0.5) is 0 Å². The quantitative estimate of drug-likeness (QED) is 0.386. The van der Waals surface area contributed by atoms with Crippen LogP contribution in [-0.2, 0) is 38.5 Å². The van der Waals surface area contributed by atoms with Gasteiger partial charge in [0.2, 0.25) is 5.91 Å². The Morgan fingerprint density at radius 1 is 0.800 bits per heavy atom. The topological polar surface area (TPSA) is 111 Å². The first-order valence-corrected chi connectivity index (χ1v) is 10.1.